The normalized spacial score (nSPS) is 12.4. The summed E-state index contributed by atoms with van der Waals surface area (Å²) >= 11 is 0. The lowest BCUT2D eigenvalue weighted by Crippen LogP contribution is -2.61. The highest BCUT2D eigenvalue weighted by atomic mass is 15.2. The van der Waals surface area contributed by atoms with Gasteiger partial charge in [0.1, 0.15) is 0 Å². The van der Waals surface area contributed by atoms with Crippen molar-refractivity contribution >= 4 is 57.2 Å². The van der Waals surface area contributed by atoms with Gasteiger partial charge in [-0.15, -0.1) is 0 Å². The van der Waals surface area contributed by atoms with Gasteiger partial charge in [0, 0.05) is 34.1 Å². The number of nitrogens with zero attached hydrogens (tertiary/aromatic N) is 2. The molecule has 65 heavy (non-hydrogen) atoms. The van der Waals surface area contributed by atoms with Crippen molar-refractivity contribution in [3.63, 3.8) is 0 Å². The van der Waals surface area contributed by atoms with Gasteiger partial charge in [-0.05, 0) is 134 Å². The minimum Gasteiger partial charge on any atom is -0.311 e. The van der Waals surface area contributed by atoms with Crippen molar-refractivity contribution in [3.8, 4) is 55.6 Å². The molecule has 2 heterocycles. The Kier molecular flexibility index (Phi) is 9.42. The van der Waals surface area contributed by atoms with Crippen LogP contribution in [0.1, 0.15) is 11.1 Å². The maximum Gasteiger partial charge on any atom is 0.252 e. The molecule has 0 unspecified atom stereocenters. The zero-order valence-electron chi connectivity index (χ0n) is 36.5. The minimum atomic E-state index is 0.0106. The fraction of sp³-hybridized carbons (Fsp3) is 0.0323. The molecule has 0 aromatic heterocycles. The average molecular weight is 829 g/mol. The van der Waals surface area contributed by atoms with Gasteiger partial charge in [0.05, 0.1) is 0 Å². The molecule has 2 aliphatic heterocycles. The van der Waals surface area contributed by atoms with Crippen molar-refractivity contribution in [1.29, 1.82) is 0 Å². The van der Waals surface area contributed by atoms with Crippen molar-refractivity contribution in [3.05, 3.63) is 248 Å². The third-order valence-corrected chi connectivity index (χ3v) is 13.4. The van der Waals surface area contributed by atoms with E-state index in [1.807, 2.05) is 0 Å². The van der Waals surface area contributed by atoms with Crippen molar-refractivity contribution < 1.29 is 0 Å². The molecule has 0 atom stereocenters. The first kappa shape index (κ1) is 38.5. The number of rotatable bonds is 7. The molecule has 10 aromatic rings. The van der Waals surface area contributed by atoms with Crippen molar-refractivity contribution in [2.45, 2.75) is 13.8 Å². The minimum absolute atomic E-state index is 0.0106. The van der Waals surface area contributed by atoms with Crippen LogP contribution in [0.3, 0.4) is 0 Å². The monoisotopic (exact) mass is 828 g/mol. The summed E-state index contributed by atoms with van der Waals surface area (Å²) in [4.78, 5) is 5.07. The summed E-state index contributed by atoms with van der Waals surface area (Å²) in [6.07, 6.45) is 0. The molecule has 10 aromatic carbocycles. The van der Waals surface area contributed by atoms with Crippen LogP contribution < -0.4 is 26.2 Å². The molecule has 306 valence electrons. The summed E-state index contributed by atoms with van der Waals surface area (Å²) in [5.41, 5.74) is 25.4. The summed E-state index contributed by atoms with van der Waals surface area (Å²) in [6.45, 7) is 4.47. The lowest BCUT2D eigenvalue weighted by Gasteiger charge is -2.44. The molecule has 3 heteroatoms. The number of hydrogen-bond acceptors (Lipinski definition) is 2. The molecular formula is C62H45BN2. The fourth-order valence-corrected chi connectivity index (χ4v) is 10.4. The van der Waals surface area contributed by atoms with Crippen LogP contribution >= 0.6 is 0 Å². The Morgan fingerprint density at radius 3 is 1.06 bits per heavy atom. The van der Waals surface area contributed by atoms with E-state index in [2.05, 4.69) is 260 Å². The summed E-state index contributed by atoms with van der Waals surface area (Å²) in [7, 11) is 0. The molecule has 2 nitrogen and oxygen atoms in total. The van der Waals surface area contributed by atoms with Crippen molar-refractivity contribution in [1.82, 2.24) is 0 Å². The van der Waals surface area contributed by atoms with Gasteiger partial charge in [0.25, 0.3) is 6.71 Å². The van der Waals surface area contributed by atoms with Gasteiger partial charge in [-0.2, -0.15) is 0 Å². The van der Waals surface area contributed by atoms with E-state index in [9.17, 15) is 0 Å². The van der Waals surface area contributed by atoms with Crippen LogP contribution in [0.15, 0.2) is 237 Å². The van der Waals surface area contributed by atoms with Gasteiger partial charge < -0.3 is 9.80 Å². The van der Waals surface area contributed by atoms with E-state index in [0.717, 1.165) is 11.4 Å². The van der Waals surface area contributed by atoms with Crippen LogP contribution in [0.2, 0.25) is 0 Å². The van der Waals surface area contributed by atoms with E-state index in [1.165, 1.54) is 106 Å². The van der Waals surface area contributed by atoms with Gasteiger partial charge in [0.15, 0.2) is 0 Å². The second kappa shape index (κ2) is 15.9. The van der Waals surface area contributed by atoms with Gasteiger partial charge >= 0.3 is 0 Å². The van der Waals surface area contributed by atoms with E-state index < -0.39 is 0 Å². The molecule has 0 fully saturated rings. The third kappa shape index (κ3) is 6.67. The highest BCUT2D eigenvalue weighted by Gasteiger charge is 2.44. The van der Waals surface area contributed by atoms with Gasteiger partial charge in [-0.25, -0.2) is 0 Å². The highest BCUT2D eigenvalue weighted by molar-refractivity contribution is 7.00. The molecule has 0 spiro atoms. The third-order valence-electron chi connectivity index (χ3n) is 13.4. The van der Waals surface area contributed by atoms with E-state index in [-0.39, 0.29) is 6.71 Å². The second-order valence-corrected chi connectivity index (χ2v) is 17.4. The standard InChI is InChI=1S/C62H45BN2/c1-42-26-36-57-55(38-42)63-56-39-43(2)27-37-58(56)65(52-34-30-47(31-35-52)45-18-9-4-10-19-45)60-41-50(40-59(62(60)63)64(57)51-32-28-46(29-33-51)44-16-7-3-8-17-44)61-53(48-20-11-5-12-21-48)24-15-25-54(61)49-22-13-6-14-23-49/h3-41H,1-2H3. The summed E-state index contributed by atoms with van der Waals surface area (Å²) in [5, 5.41) is 0. The number of anilines is 6. The van der Waals surface area contributed by atoms with Crippen LogP contribution in [0.5, 0.6) is 0 Å². The van der Waals surface area contributed by atoms with E-state index >= 15 is 0 Å². The number of fused-ring (bicyclic) bond motifs is 4. The van der Waals surface area contributed by atoms with Crippen LogP contribution in [-0.2, 0) is 0 Å². The molecule has 0 bridgehead atoms. The van der Waals surface area contributed by atoms with Gasteiger partial charge in [0.2, 0.25) is 0 Å². The summed E-state index contributed by atoms with van der Waals surface area (Å²) in [5.74, 6) is 0. The van der Waals surface area contributed by atoms with Crippen molar-refractivity contribution in [2.24, 2.45) is 0 Å². The Labute approximate surface area is 382 Å². The fourth-order valence-electron chi connectivity index (χ4n) is 10.4. The predicted octanol–water partition coefficient (Wildman–Crippen LogP) is 14.7. The first-order valence-electron chi connectivity index (χ1n) is 22.6. The first-order chi connectivity index (χ1) is 32.1. The van der Waals surface area contributed by atoms with E-state index in [1.54, 1.807) is 0 Å². The Bertz CT molecular complexity index is 3150. The van der Waals surface area contributed by atoms with Gasteiger partial charge in [-0.3, -0.25) is 0 Å². The Balaban J connectivity index is 1.18. The van der Waals surface area contributed by atoms with Gasteiger partial charge in [-0.1, -0.05) is 199 Å². The first-order valence-corrected chi connectivity index (χ1v) is 22.6. The molecule has 0 saturated carbocycles. The predicted molar refractivity (Wildman–Crippen MR) is 277 cm³/mol. The number of benzene rings is 10. The molecule has 0 N–H and O–H groups in total. The zero-order chi connectivity index (χ0) is 43.4. The Hall–Kier alpha value is -8.14. The molecule has 12 rings (SSSR count). The quantitative estimate of drug-likeness (QED) is 0.148. The SMILES string of the molecule is Cc1ccc2c(c1)B1c3cc(C)ccc3N(c3ccc(-c4ccccc4)cc3)c3cc(-c4c(-c5ccccc5)cccc4-c4ccccc4)cc(c31)N2c1ccc(-c2ccccc2)cc1. The molecule has 2 aliphatic rings. The molecule has 0 aliphatic carbocycles. The summed E-state index contributed by atoms with van der Waals surface area (Å²) in [6, 6.07) is 87.3. The Morgan fingerprint density at radius 2 is 0.662 bits per heavy atom. The number of aryl methyl sites for hydroxylation is 2. The smallest absolute Gasteiger partial charge is 0.252 e. The molecule has 0 amide bonds. The summed E-state index contributed by atoms with van der Waals surface area (Å²) < 4.78 is 0. The zero-order valence-corrected chi connectivity index (χ0v) is 36.5. The van der Waals surface area contributed by atoms with E-state index in [4.69, 9.17) is 0 Å². The van der Waals surface area contributed by atoms with E-state index in [0.29, 0.717) is 0 Å². The molecular weight excluding hydrogens is 784 g/mol. The largest absolute Gasteiger partial charge is 0.311 e. The van der Waals surface area contributed by atoms with Crippen LogP contribution in [0, 0.1) is 13.8 Å². The van der Waals surface area contributed by atoms with Crippen LogP contribution in [-0.4, -0.2) is 6.71 Å². The molecule has 0 radical (unpaired) electrons. The molecule has 0 saturated heterocycles. The highest BCUT2D eigenvalue weighted by Crippen LogP contribution is 2.49. The van der Waals surface area contributed by atoms with Crippen LogP contribution in [0.25, 0.3) is 55.6 Å². The average Bonchev–Trinajstić information content (AvgIpc) is 3.37. The van der Waals surface area contributed by atoms with Crippen molar-refractivity contribution in [2.75, 3.05) is 9.80 Å². The lowest BCUT2D eigenvalue weighted by molar-refractivity contribution is 1.25. The maximum atomic E-state index is 2.53. The second-order valence-electron chi connectivity index (χ2n) is 17.4. The Morgan fingerprint density at radius 1 is 0.292 bits per heavy atom. The number of hydrogen-bond donors (Lipinski definition) is 0. The lowest BCUT2D eigenvalue weighted by atomic mass is 9.33. The topological polar surface area (TPSA) is 6.48 Å². The maximum absolute atomic E-state index is 2.53. The van der Waals surface area contributed by atoms with Crippen LogP contribution in [0.4, 0.5) is 34.1 Å².